The predicted molar refractivity (Wildman–Crippen MR) is 90.4 cm³/mol. The summed E-state index contributed by atoms with van der Waals surface area (Å²) in [5.41, 5.74) is 1.05. The number of carbonyl (C=O) groups is 1. The molecule has 0 saturated carbocycles. The molecular weight excluding hydrogens is 308 g/mol. The van der Waals surface area contributed by atoms with Crippen LogP contribution in [0.25, 0.3) is 0 Å². The Morgan fingerprint density at radius 2 is 1.83 bits per heavy atom. The van der Waals surface area contributed by atoms with Crippen LogP contribution in [0.5, 0.6) is 11.5 Å². The molecule has 132 valence electrons. The summed E-state index contributed by atoms with van der Waals surface area (Å²) < 4.78 is 16.6. The van der Waals surface area contributed by atoms with Crippen molar-refractivity contribution in [3.8, 4) is 11.5 Å². The lowest BCUT2D eigenvalue weighted by molar-refractivity contribution is -0.124. The number of hydrogen-bond donors (Lipinski definition) is 1. The second-order valence-electron chi connectivity index (χ2n) is 6.58. The third-order valence-corrected chi connectivity index (χ3v) is 4.38. The molecule has 0 unspecified atom stereocenters. The minimum atomic E-state index is -0.0469. The molecule has 1 N–H and O–H groups in total. The van der Waals surface area contributed by atoms with Gasteiger partial charge in [-0.3, -0.25) is 9.69 Å². The Morgan fingerprint density at radius 3 is 2.54 bits per heavy atom. The predicted octanol–water partition coefficient (Wildman–Crippen LogP) is 1.60. The molecule has 1 saturated heterocycles. The van der Waals surface area contributed by atoms with E-state index in [0.717, 1.165) is 30.2 Å². The number of nitrogens with one attached hydrogen (secondary N) is 1. The van der Waals surface area contributed by atoms with Crippen LogP contribution in [0.1, 0.15) is 25.5 Å². The molecule has 0 bridgehead atoms. The molecule has 1 amide bonds. The molecule has 1 aromatic rings. The maximum absolute atomic E-state index is 12.4. The fourth-order valence-electron chi connectivity index (χ4n) is 3.07. The van der Waals surface area contributed by atoms with Crippen molar-refractivity contribution in [2.24, 2.45) is 5.92 Å². The van der Waals surface area contributed by atoms with Crippen LogP contribution in [-0.4, -0.2) is 56.9 Å². The Hall–Kier alpha value is -1.79. The molecule has 1 fully saturated rings. The van der Waals surface area contributed by atoms with Gasteiger partial charge in [0.05, 0.1) is 25.8 Å². The molecule has 3 rings (SSSR count). The summed E-state index contributed by atoms with van der Waals surface area (Å²) in [4.78, 5) is 14.6. The number of carbonyl (C=O) groups excluding carboxylic acids is 1. The number of rotatable bonds is 5. The van der Waals surface area contributed by atoms with Gasteiger partial charge < -0.3 is 19.5 Å². The third-order valence-electron chi connectivity index (χ3n) is 4.38. The first-order chi connectivity index (χ1) is 11.6. The highest BCUT2D eigenvalue weighted by Gasteiger charge is 2.22. The van der Waals surface area contributed by atoms with Gasteiger partial charge in [-0.1, -0.05) is 19.9 Å². The van der Waals surface area contributed by atoms with E-state index in [1.54, 1.807) is 0 Å². The molecule has 2 aliphatic heterocycles. The van der Waals surface area contributed by atoms with Gasteiger partial charge in [0.1, 0.15) is 13.2 Å². The Labute approximate surface area is 143 Å². The van der Waals surface area contributed by atoms with Crippen LogP contribution >= 0.6 is 0 Å². The van der Waals surface area contributed by atoms with E-state index in [-0.39, 0.29) is 17.9 Å². The van der Waals surface area contributed by atoms with Gasteiger partial charge in [0, 0.05) is 13.1 Å². The Kier molecular flexibility index (Phi) is 5.58. The molecule has 0 aromatic heterocycles. The number of fused-ring (bicyclic) bond motifs is 1. The number of nitrogens with zero attached hydrogens (tertiary/aromatic N) is 1. The smallest absolute Gasteiger partial charge is 0.234 e. The maximum Gasteiger partial charge on any atom is 0.234 e. The largest absolute Gasteiger partial charge is 0.486 e. The second-order valence-corrected chi connectivity index (χ2v) is 6.58. The van der Waals surface area contributed by atoms with Crippen molar-refractivity contribution >= 4 is 5.91 Å². The average molecular weight is 334 g/mol. The van der Waals surface area contributed by atoms with Gasteiger partial charge in [-0.2, -0.15) is 0 Å². The number of benzene rings is 1. The Bertz CT molecular complexity index is 570. The van der Waals surface area contributed by atoms with E-state index < -0.39 is 0 Å². The van der Waals surface area contributed by atoms with Crippen LogP contribution in [0.3, 0.4) is 0 Å². The average Bonchev–Trinajstić information content (AvgIpc) is 2.60. The van der Waals surface area contributed by atoms with Crippen molar-refractivity contribution in [3.63, 3.8) is 0 Å². The van der Waals surface area contributed by atoms with E-state index in [0.29, 0.717) is 33.0 Å². The quantitative estimate of drug-likeness (QED) is 0.886. The standard InChI is InChI=1S/C18H26N2O4/c1-13(2)18(19-17(21)12-20-5-7-22-8-6-20)14-3-4-15-16(11-14)24-10-9-23-15/h3-4,11,13,18H,5-10,12H2,1-2H3,(H,19,21)/t18-/m1/s1. The molecule has 1 atom stereocenters. The number of morpholine rings is 1. The van der Waals surface area contributed by atoms with Gasteiger partial charge in [0.2, 0.25) is 5.91 Å². The molecule has 0 spiro atoms. The third kappa shape index (κ3) is 4.19. The van der Waals surface area contributed by atoms with Crippen molar-refractivity contribution in [2.75, 3.05) is 46.1 Å². The van der Waals surface area contributed by atoms with Crippen LogP contribution in [0.2, 0.25) is 0 Å². The number of ether oxygens (including phenoxy) is 3. The fourth-order valence-corrected chi connectivity index (χ4v) is 3.07. The van der Waals surface area contributed by atoms with E-state index in [2.05, 4.69) is 24.1 Å². The van der Waals surface area contributed by atoms with Crippen molar-refractivity contribution in [1.82, 2.24) is 10.2 Å². The van der Waals surface area contributed by atoms with Crippen LogP contribution in [0.15, 0.2) is 18.2 Å². The molecule has 2 aliphatic rings. The molecule has 0 aliphatic carbocycles. The molecule has 6 heteroatoms. The first kappa shape index (κ1) is 17.0. The van der Waals surface area contributed by atoms with E-state index in [1.165, 1.54) is 0 Å². The summed E-state index contributed by atoms with van der Waals surface area (Å²) in [6, 6.07) is 5.86. The van der Waals surface area contributed by atoms with Crippen molar-refractivity contribution in [3.05, 3.63) is 23.8 Å². The van der Waals surface area contributed by atoms with Gasteiger partial charge in [0.25, 0.3) is 0 Å². The van der Waals surface area contributed by atoms with Crippen LogP contribution in [-0.2, 0) is 9.53 Å². The van der Waals surface area contributed by atoms with Gasteiger partial charge in [0.15, 0.2) is 11.5 Å². The van der Waals surface area contributed by atoms with Gasteiger partial charge >= 0.3 is 0 Å². The van der Waals surface area contributed by atoms with Crippen molar-refractivity contribution in [2.45, 2.75) is 19.9 Å². The molecule has 24 heavy (non-hydrogen) atoms. The highest BCUT2D eigenvalue weighted by Crippen LogP contribution is 2.34. The van der Waals surface area contributed by atoms with E-state index in [1.807, 2.05) is 18.2 Å². The molecule has 0 radical (unpaired) electrons. The Balaban J connectivity index is 1.66. The first-order valence-electron chi connectivity index (χ1n) is 8.62. The minimum absolute atomic E-state index is 0.0467. The van der Waals surface area contributed by atoms with Gasteiger partial charge in [-0.05, 0) is 23.6 Å². The Morgan fingerprint density at radius 1 is 1.12 bits per heavy atom. The minimum Gasteiger partial charge on any atom is -0.486 e. The van der Waals surface area contributed by atoms with E-state index in [4.69, 9.17) is 14.2 Å². The summed E-state index contributed by atoms with van der Waals surface area (Å²) >= 11 is 0. The summed E-state index contributed by atoms with van der Waals surface area (Å²) in [5.74, 6) is 1.85. The van der Waals surface area contributed by atoms with E-state index in [9.17, 15) is 4.79 Å². The first-order valence-corrected chi connectivity index (χ1v) is 8.62. The zero-order valence-corrected chi connectivity index (χ0v) is 14.4. The molecule has 2 heterocycles. The fraction of sp³-hybridized carbons (Fsp3) is 0.611. The lowest BCUT2D eigenvalue weighted by atomic mass is 9.95. The maximum atomic E-state index is 12.4. The second kappa shape index (κ2) is 7.85. The lowest BCUT2D eigenvalue weighted by Crippen LogP contribution is -2.44. The van der Waals surface area contributed by atoms with Crippen molar-refractivity contribution in [1.29, 1.82) is 0 Å². The van der Waals surface area contributed by atoms with E-state index >= 15 is 0 Å². The summed E-state index contributed by atoms with van der Waals surface area (Å²) in [7, 11) is 0. The topological polar surface area (TPSA) is 60.0 Å². The summed E-state index contributed by atoms with van der Waals surface area (Å²) in [6.45, 7) is 8.78. The van der Waals surface area contributed by atoms with Crippen LogP contribution in [0.4, 0.5) is 0 Å². The zero-order chi connectivity index (χ0) is 16.9. The van der Waals surface area contributed by atoms with Gasteiger partial charge in [-0.25, -0.2) is 0 Å². The summed E-state index contributed by atoms with van der Waals surface area (Å²) in [5, 5.41) is 3.17. The monoisotopic (exact) mass is 334 g/mol. The highest BCUT2D eigenvalue weighted by atomic mass is 16.6. The number of hydrogen-bond acceptors (Lipinski definition) is 5. The lowest BCUT2D eigenvalue weighted by Gasteiger charge is -2.29. The normalized spacial score (nSPS) is 19.1. The molecule has 6 nitrogen and oxygen atoms in total. The van der Waals surface area contributed by atoms with Crippen LogP contribution in [0, 0.1) is 5.92 Å². The molecular formula is C18H26N2O4. The SMILES string of the molecule is CC(C)[C@@H](NC(=O)CN1CCOCC1)c1ccc2c(c1)OCCO2. The molecule has 1 aromatic carbocycles. The summed E-state index contributed by atoms with van der Waals surface area (Å²) in [6.07, 6.45) is 0. The van der Waals surface area contributed by atoms with Crippen LogP contribution < -0.4 is 14.8 Å². The number of amides is 1. The highest BCUT2D eigenvalue weighted by molar-refractivity contribution is 5.78. The van der Waals surface area contributed by atoms with Crippen molar-refractivity contribution < 1.29 is 19.0 Å². The zero-order valence-electron chi connectivity index (χ0n) is 14.4. The van der Waals surface area contributed by atoms with Gasteiger partial charge in [-0.15, -0.1) is 0 Å².